The molecule has 2 bridgehead atoms. The van der Waals surface area contributed by atoms with Crippen LogP contribution in [0.25, 0.3) is 0 Å². The molecule has 1 aromatic rings. The fourth-order valence-electron chi connectivity index (χ4n) is 3.67. The molecular formula is C16H20FNO. The van der Waals surface area contributed by atoms with Gasteiger partial charge in [-0.05, 0) is 37.3 Å². The van der Waals surface area contributed by atoms with Gasteiger partial charge in [0, 0.05) is 17.0 Å². The summed E-state index contributed by atoms with van der Waals surface area (Å²) in [6.45, 7) is 2.04. The second-order valence-corrected chi connectivity index (χ2v) is 6.03. The lowest BCUT2D eigenvalue weighted by atomic mass is 9.62. The molecule has 0 fully saturated rings. The molecule has 0 aromatic heterocycles. The molecule has 3 heteroatoms. The predicted octanol–water partition coefficient (Wildman–Crippen LogP) is 3.17. The minimum Gasteiger partial charge on any atom is -0.505 e. The smallest absolute Gasteiger partial charge is 0.168 e. The van der Waals surface area contributed by atoms with Crippen molar-refractivity contribution in [3.63, 3.8) is 0 Å². The quantitative estimate of drug-likeness (QED) is 0.705. The van der Waals surface area contributed by atoms with E-state index in [2.05, 4.69) is 6.08 Å². The van der Waals surface area contributed by atoms with E-state index in [0.29, 0.717) is 12.0 Å². The van der Waals surface area contributed by atoms with Gasteiger partial charge in [0.2, 0.25) is 0 Å². The molecule has 2 unspecified atom stereocenters. The molecule has 19 heavy (non-hydrogen) atoms. The lowest BCUT2D eigenvalue weighted by Gasteiger charge is -2.44. The monoisotopic (exact) mass is 261 g/mol. The Morgan fingerprint density at radius 1 is 1.37 bits per heavy atom. The van der Waals surface area contributed by atoms with E-state index in [-0.39, 0.29) is 11.8 Å². The number of phenols is 1. The standard InChI is InChI=1S/C16H20FNO/c1-16-8-4-2-3-5-11(15(16)18)9-10-6-7-12(19)14(17)13(10)16/h5-7,15,19H,2-4,8-9,18H2,1H3/b11-5-. The maximum Gasteiger partial charge on any atom is 0.168 e. The summed E-state index contributed by atoms with van der Waals surface area (Å²) in [5.41, 5.74) is 8.84. The van der Waals surface area contributed by atoms with Crippen LogP contribution in [-0.2, 0) is 11.8 Å². The molecule has 2 atom stereocenters. The Morgan fingerprint density at radius 3 is 2.95 bits per heavy atom. The number of phenolic OH excluding ortho intramolecular Hbond substituents is 1. The summed E-state index contributed by atoms with van der Waals surface area (Å²) in [5, 5.41) is 9.67. The van der Waals surface area contributed by atoms with Crippen molar-refractivity contribution in [1.29, 1.82) is 0 Å². The summed E-state index contributed by atoms with van der Waals surface area (Å²) in [5.74, 6) is -0.739. The second kappa shape index (κ2) is 4.34. The Bertz CT molecular complexity index is 552. The fraction of sp³-hybridized carbons (Fsp3) is 0.500. The molecule has 2 aliphatic carbocycles. The lowest BCUT2D eigenvalue weighted by molar-refractivity contribution is 0.319. The largest absolute Gasteiger partial charge is 0.505 e. The van der Waals surface area contributed by atoms with Gasteiger partial charge in [-0.15, -0.1) is 0 Å². The first kappa shape index (κ1) is 12.7. The molecule has 102 valence electrons. The zero-order chi connectivity index (χ0) is 13.6. The van der Waals surface area contributed by atoms with Gasteiger partial charge in [0.25, 0.3) is 0 Å². The lowest BCUT2D eigenvalue weighted by Crippen LogP contribution is -2.49. The van der Waals surface area contributed by atoms with Crippen LogP contribution in [0.5, 0.6) is 5.75 Å². The van der Waals surface area contributed by atoms with Crippen LogP contribution in [0, 0.1) is 5.82 Å². The van der Waals surface area contributed by atoms with Crippen molar-refractivity contribution < 1.29 is 9.50 Å². The minimum atomic E-state index is -0.477. The van der Waals surface area contributed by atoms with Crippen molar-refractivity contribution in [3.05, 3.63) is 40.7 Å². The number of nitrogens with two attached hydrogens (primary N) is 1. The molecule has 2 nitrogen and oxygen atoms in total. The molecule has 0 radical (unpaired) electrons. The Hall–Kier alpha value is -1.35. The number of hydrogen-bond acceptors (Lipinski definition) is 2. The molecule has 0 spiro atoms. The number of allylic oxidation sites excluding steroid dienone is 1. The molecule has 1 aromatic carbocycles. The number of rotatable bonds is 0. The van der Waals surface area contributed by atoms with E-state index in [0.717, 1.165) is 31.2 Å². The van der Waals surface area contributed by atoms with Crippen LogP contribution in [0.15, 0.2) is 23.8 Å². The highest BCUT2D eigenvalue weighted by Crippen LogP contribution is 2.46. The second-order valence-electron chi connectivity index (χ2n) is 6.03. The highest BCUT2D eigenvalue weighted by Gasteiger charge is 2.43. The van der Waals surface area contributed by atoms with Gasteiger partial charge in [-0.3, -0.25) is 0 Å². The SMILES string of the molecule is CC12CCCC/C=C(/Cc3ccc(O)c(F)c31)C2N. The summed E-state index contributed by atoms with van der Waals surface area (Å²) in [6, 6.07) is 3.15. The van der Waals surface area contributed by atoms with E-state index in [1.54, 1.807) is 0 Å². The molecule has 3 N–H and O–H groups in total. The van der Waals surface area contributed by atoms with Crippen molar-refractivity contribution in [2.24, 2.45) is 5.73 Å². The summed E-state index contributed by atoms with van der Waals surface area (Å²) >= 11 is 0. The number of benzene rings is 1. The zero-order valence-electron chi connectivity index (χ0n) is 11.2. The van der Waals surface area contributed by atoms with E-state index in [4.69, 9.17) is 5.73 Å². The zero-order valence-corrected chi connectivity index (χ0v) is 11.2. The van der Waals surface area contributed by atoms with Crippen LogP contribution in [-0.4, -0.2) is 11.1 Å². The number of hydrogen-bond donors (Lipinski definition) is 2. The third-order valence-corrected chi connectivity index (χ3v) is 4.82. The van der Waals surface area contributed by atoms with Gasteiger partial charge in [0.05, 0.1) is 0 Å². The van der Waals surface area contributed by atoms with Crippen molar-refractivity contribution in [2.75, 3.05) is 0 Å². The van der Waals surface area contributed by atoms with Gasteiger partial charge in [-0.1, -0.05) is 31.1 Å². The molecular weight excluding hydrogens is 241 g/mol. The first-order chi connectivity index (χ1) is 9.04. The van der Waals surface area contributed by atoms with Gasteiger partial charge in [0.1, 0.15) is 0 Å². The Labute approximate surface area is 113 Å². The van der Waals surface area contributed by atoms with Crippen molar-refractivity contribution >= 4 is 0 Å². The van der Waals surface area contributed by atoms with Crippen molar-refractivity contribution in [3.8, 4) is 5.75 Å². The van der Waals surface area contributed by atoms with Gasteiger partial charge >= 0.3 is 0 Å². The molecule has 0 heterocycles. The van der Waals surface area contributed by atoms with E-state index in [9.17, 15) is 9.50 Å². The molecule has 0 aliphatic heterocycles. The van der Waals surface area contributed by atoms with E-state index in [1.807, 2.05) is 13.0 Å². The minimum absolute atomic E-state index is 0.142. The number of aromatic hydroxyl groups is 1. The highest BCUT2D eigenvalue weighted by molar-refractivity contribution is 5.50. The molecule has 0 amide bonds. The summed E-state index contributed by atoms with van der Waals surface area (Å²) in [6.07, 6.45) is 7.05. The Kier molecular flexibility index (Phi) is 2.90. The fourth-order valence-corrected chi connectivity index (χ4v) is 3.67. The van der Waals surface area contributed by atoms with Crippen LogP contribution >= 0.6 is 0 Å². The average molecular weight is 261 g/mol. The summed E-state index contributed by atoms with van der Waals surface area (Å²) < 4.78 is 14.4. The van der Waals surface area contributed by atoms with E-state index < -0.39 is 11.2 Å². The van der Waals surface area contributed by atoms with Crippen LogP contribution in [0.2, 0.25) is 0 Å². The van der Waals surface area contributed by atoms with Crippen molar-refractivity contribution in [1.82, 2.24) is 0 Å². The van der Waals surface area contributed by atoms with Crippen molar-refractivity contribution in [2.45, 2.75) is 50.5 Å². The normalized spacial score (nSPS) is 32.8. The van der Waals surface area contributed by atoms with Crippen LogP contribution in [0.3, 0.4) is 0 Å². The number of halogens is 1. The molecule has 3 rings (SSSR count). The first-order valence-electron chi connectivity index (χ1n) is 6.99. The Morgan fingerprint density at radius 2 is 2.16 bits per heavy atom. The third kappa shape index (κ3) is 1.79. The maximum atomic E-state index is 14.4. The molecule has 2 aliphatic rings. The van der Waals surface area contributed by atoms with E-state index >= 15 is 0 Å². The van der Waals surface area contributed by atoms with Gasteiger partial charge in [-0.25, -0.2) is 4.39 Å². The third-order valence-electron chi connectivity index (χ3n) is 4.82. The average Bonchev–Trinajstić information content (AvgIpc) is 2.38. The topological polar surface area (TPSA) is 46.2 Å². The van der Waals surface area contributed by atoms with Crippen LogP contribution in [0.4, 0.5) is 4.39 Å². The van der Waals surface area contributed by atoms with Crippen LogP contribution < -0.4 is 5.73 Å². The van der Waals surface area contributed by atoms with Gasteiger partial charge in [-0.2, -0.15) is 0 Å². The molecule has 0 saturated heterocycles. The predicted molar refractivity (Wildman–Crippen MR) is 73.6 cm³/mol. The van der Waals surface area contributed by atoms with Gasteiger partial charge in [0.15, 0.2) is 11.6 Å². The first-order valence-corrected chi connectivity index (χ1v) is 6.99. The van der Waals surface area contributed by atoms with Crippen LogP contribution in [0.1, 0.15) is 43.7 Å². The summed E-state index contributed by atoms with van der Waals surface area (Å²) in [4.78, 5) is 0. The summed E-state index contributed by atoms with van der Waals surface area (Å²) in [7, 11) is 0. The van der Waals surface area contributed by atoms with Gasteiger partial charge < -0.3 is 10.8 Å². The maximum absolute atomic E-state index is 14.4. The highest BCUT2D eigenvalue weighted by atomic mass is 19.1. The van der Waals surface area contributed by atoms with E-state index in [1.165, 1.54) is 11.6 Å². The molecule has 0 saturated carbocycles. The Balaban J connectivity index is 2.25. The number of fused-ring (bicyclic) bond motifs is 4.